The molecular formula is C20H26N6O2S. The highest BCUT2D eigenvalue weighted by Crippen LogP contribution is 2.27. The molecule has 0 saturated carbocycles. The highest BCUT2D eigenvalue weighted by molar-refractivity contribution is 7.16. The summed E-state index contributed by atoms with van der Waals surface area (Å²) < 4.78 is 1.79. The molecule has 9 heteroatoms. The smallest absolute Gasteiger partial charge is 0.272 e. The number of thiazole rings is 1. The van der Waals surface area contributed by atoms with Gasteiger partial charge in [-0.05, 0) is 25.7 Å². The summed E-state index contributed by atoms with van der Waals surface area (Å²) in [6, 6.07) is 2.02. The molecule has 0 aliphatic carbocycles. The first-order valence-corrected chi connectivity index (χ1v) is 11.0. The normalized spacial score (nSPS) is 15.4. The van der Waals surface area contributed by atoms with Crippen LogP contribution in [0, 0.1) is 0 Å². The Bertz CT molecular complexity index is 988. The van der Waals surface area contributed by atoms with Gasteiger partial charge in [-0.1, -0.05) is 13.8 Å². The molecule has 1 amide bonds. The van der Waals surface area contributed by atoms with Gasteiger partial charge in [0.05, 0.1) is 17.9 Å². The van der Waals surface area contributed by atoms with E-state index in [9.17, 15) is 9.90 Å². The summed E-state index contributed by atoms with van der Waals surface area (Å²) >= 11 is 1.56. The fraction of sp³-hybridized carbons (Fsp3) is 0.500. The Morgan fingerprint density at radius 2 is 2.07 bits per heavy atom. The van der Waals surface area contributed by atoms with Crippen LogP contribution in [0.15, 0.2) is 23.8 Å². The van der Waals surface area contributed by atoms with Crippen LogP contribution < -0.4 is 5.32 Å². The molecule has 0 bridgehead atoms. The van der Waals surface area contributed by atoms with Crippen molar-refractivity contribution in [1.29, 1.82) is 0 Å². The quantitative estimate of drug-likeness (QED) is 0.644. The summed E-state index contributed by atoms with van der Waals surface area (Å²) in [5.74, 6) is 1.03. The van der Waals surface area contributed by atoms with E-state index in [1.807, 2.05) is 11.6 Å². The number of hydrogen-bond acceptors (Lipinski definition) is 7. The van der Waals surface area contributed by atoms with Gasteiger partial charge < -0.3 is 15.3 Å². The monoisotopic (exact) mass is 414 g/mol. The molecule has 154 valence electrons. The number of aliphatic hydroxyl groups excluding tert-OH is 1. The zero-order chi connectivity index (χ0) is 20.4. The minimum atomic E-state index is -0.327. The molecule has 8 nitrogen and oxygen atoms in total. The van der Waals surface area contributed by atoms with Crippen LogP contribution in [0.1, 0.15) is 50.0 Å². The second kappa shape index (κ2) is 8.46. The number of fused-ring (bicyclic) bond motifs is 1. The highest BCUT2D eigenvalue weighted by Gasteiger charge is 2.25. The van der Waals surface area contributed by atoms with Crippen molar-refractivity contribution in [3.05, 3.63) is 29.5 Å². The minimum Gasteiger partial charge on any atom is -0.393 e. The highest BCUT2D eigenvalue weighted by atomic mass is 32.1. The predicted octanol–water partition coefficient (Wildman–Crippen LogP) is 3.05. The van der Waals surface area contributed by atoms with Crippen molar-refractivity contribution in [2.24, 2.45) is 0 Å². The molecule has 4 rings (SSSR count). The van der Waals surface area contributed by atoms with Crippen molar-refractivity contribution >= 4 is 27.9 Å². The van der Waals surface area contributed by atoms with E-state index >= 15 is 0 Å². The summed E-state index contributed by atoms with van der Waals surface area (Å²) in [6.45, 7) is 5.33. The molecule has 1 aliphatic rings. The van der Waals surface area contributed by atoms with Gasteiger partial charge >= 0.3 is 0 Å². The summed E-state index contributed by atoms with van der Waals surface area (Å²) in [4.78, 5) is 25.1. The Morgan fingerprint density at radius 3 is 2.79 bits per heavy atom. The SMILES string of the molecule is CCC(CC)Nc1cc(C(=O)N2CCC(O)CC2)nc(-c2cnn3ccsc23)n1. The molecule has 0 aromatic carbocycles. The van der Waals surface area contributed by atoms with Crippen LogP contribution in [-0.2, 0) is 0 Å². The number of hydrogen-bond donors (Lipinski definition) is 2. The largest absolute Gasteiger partial charge is 0.393 e. The molecule has 29 heavy (non-hydrogen) atoms. The van der Waals surface area contributed by atoms with Crippen LogP contribution in [0.4, 0.5) is 5.82 Å². The molecule has 0 spiro atoms. The zero-order valence-electron chi connectivity index (χ0n) is 16.7. The third kappa shape index (κ3) is 4.11. The lowest BCUT2D eigenvalue weighted by atomic mass is 10.1. The Morgan fingerprint density at radius 1 is 1.31 bits per heavy atom. The lowest BCUT2D eigenvalue weighted by molar-refractivity contribution is 0.0541. The minimum absolute atomic E-state index is 0.122. The Labute approximate surface area is 173 Å². The molecular weight excluding hydrogens is 388 g/mol. The number of anilines is 1. The maximum Gasteiger partial charge on any atom is 0.272 e. The Balaban J connectivity index is 1.72. The van der Waals surface area contributed by atoms with Gasteiger partial charge in [-0.25, -0.2) is 14.5 Å². The Hall–Kier alpha value is -2.52. The number of likely N-dealkylation sites (tertiary alicyclic amines) is 1. The van der Waals surface area contributed by atoms with Gasteiger partial charge in [-0.2, -0.15) is 5.10 Å². The summed E-state index contributed by atoms with van der Waals surface area (Å²) in [5.41, 5.74) is 1.19. The van der Waals surface area contributed by atoms with Crippen LogP contribution >= 0.6 is 11.3 Å². The van der Waals surface area contributed by atoms with E-state index in [1.165, 1.54) is 0 Å². The van der Waals surface area contributed by atoms with Crippen LogP contribution in [0.3, 0.4) is 0 Å². The predicted molar refractivity (Wildman–Crippen MR) is 113 cm³/mol. The number of rotatable bonds is 6. The van der Waals surface area contributed by atoms with Gasteiger partial charge in [0.2, 0.25) is 0 Å². The van der Waals surface area contributed by atoms with Crippen molar-refractivity contribution in [2.75, 3.05) is 18.4 Å². The van der Waals surface area contributed by atoms with Crippen molar-refractivity contribution in [3.63, 3.8) is 0 Å². The van der Waals surface area contributed by atoms with Crippen molar-refractivity contribution in [2.45, 2.75) is 51.7 Å². The molecule has 3 aromatic rings. The summed E-state index contributed by atoms with van der Waals surface area (Å²) in [5, 5.41) is 19.5. The van der Waals surface area contributed by atoms with Crippen molar-refractivity contribution in [1.82, 2.24) is 24.5 Å². The molecule has 1 aliphatic heterocycles. The first-order valence-electron chi connectivity index (χ1n) is 10.1. The molecule has 4 heterocycles. The lowest BCUT2D eigenvalue weighted by Gasteiger charge is -2.29. The maximum atomic E-state index is 13.1. The van der Waals surface area contributed by atoms with Crippen LogP contribution in [0.25, 0.3) is 16.2 Å². The van der Waals surface area contributed by atoms with Crippen molar-refractivity contribution in [3.8, 4) is 11.4 Å². The number of nitrogens with zero attached hydrogens (tertiary/aromatic N) is 5. The molecule has 0 unspecified atom stereocenters. The topological polar surface area (TPSA) is 95.7 Å². The van der Waals surface area contributed by atoms with Gasteiger partial charge in [-0.3, -0.25) is 4.79 Å². The van der Waals surface area contributed by atoms with E-state index in [4.69, 9.17) is 4.98 Å². The second-order valence-corrected chi connectivity index (χ2v) is 8.25. The molecule has 1 fully saturated rings. The van der Waals surface area contributed by atoms with E-state index < -0.39 is 0 Å². The van der Waals surface area contributed by atoms with Crippen LogP contribution in [-0.4, -0.2) is 60.7 Å². The molecule has 0 radical (unpaired) electrons. The number of piperidine rings is 1. The third-order valence-electron chi connectivity index (χ3n) is 5.41. The Kier molecular flexibility index (Phi) is 5.77. The van der Waals surface area contributed by atoms with Gasteiger partial charge in [0.25, 0.3) is 5.91 Å². The zero-order valence-corrected chi connectivity index (χ0v) is 17.5. The summed E-state index contributed by atoms with van der Waals surface area (Å²) in [7, 11) is 0. The standard InChI is InChI=1S/C20H26N6O2S/c1-3-13(4-2)22-17-11-16(19(28)25-7-5-14(27)6-8-25)23-18(24-17)15-12-21-26-9-10-29-20(15)26/h9-14,27H,3-8H2,1-2H3,(H,22,23,24). The first kappa shape index (κ1) is 19.8. The number of carbonyl (C=O) groups is 1. The van der Waals surface area contributed by atoms with E-state index in [0.29, 0.717) is 43.3 Å². The van der Waals surface area contributed by atoms with Crippen molar-refractivity contribution < 1.29 is 9.90 Å². The van der Waals surface area contributed by atoms with E-state index in [-0.39, 0.29) is 18.1 Å². The van der Waals surface area contributed by atoms with Gasteiger partial charge in [0.1, 0.15) is 16.3 Å². The maximum absolute atomic E-state index is 13.1. The van der Waals surface area contributed by atoms with Crippen LogP contribution in [0.2, 0.25) is 0 Å². The second-order valence-electron chi connectivity index (χ2n) is 7.35. The third-order valence-corrected chi connectivity index (χ3v) is 6.29. The number of amides is 1. The lowest BCUT2D eigenvalue weighted by Crippen LogP contribution is -2.40. The number of aromatic nitrogens is 4. The average molecular weight is 415 g/mol. The average Bonchev–Trinajstić information content (AvgIpc) is 3.35. The number of nitrogens with one attached hydrogen (secondary N) is 1. The van der Waals surface area contributed by atoms with E-state index in [0.717, 1.165) is 23.2 Å². The molecule has 3 aromatic heterocycles. The molecule has 1 saturated heterocycles. The van der Waals surface area contributed by atoms with Gasteiger partial charge in [0, 0.05) is 36.8 Å². The summed E-state index contributed by atoms with van der Waals surface area (Å²) in [6.07, 6.45) is 6.43. The fourth-order valence-corrected chi connectivity index (χ4v) is 4.36. The fourth-order valence-electron chi connectivity index (χ4n) is 3.56. The van der Waals surface area contributed by atoms with Crippen LogP contribution in [0.5, 0.6) is 0 Å². The number of aliphatic hydroxyl groups is 1. The van der Waals surface area contributed by atoms with Gasteiger partial charge in [-0.15, -0.1) is 11.3 Å². The van der Waals surface area contributed by atoms with Gasteiger partial charge in [0.15, 0.2) is 5.82 Å². The molecule has 0 atom stereocenters. The molecule has 2 N–H and O–H groups in total. The first-order chi connectivity index (χ1) is 14.1. The van der Waals surface area contributed by atoms with E-state index in [2.05, 4.69) is 29.2 Å². The van der Waals surface area contributed by atoms with E-state index in [1.54, 1.807) is 33.0 Å². The number of carbonyl (C=O) groups excluding carboxylic acids is 1.